The van der Waals surface area contributed by atoms with E-state index in [1.165, 1.54) is 4.98 Å². The van der Waals surface area contributed by atoms with Crippen LogP contribution in [0.4, 0.5) is 35.1 Å². The minimum Gasteiger partial charge on any atom is -0.333 e. The number of hydrogen-bond acceptors (Lipinski definition) is 1. The van der Waals surface area contributed by atoms with Gasteiger partial charge in [0.15, 0.2) is 29.0 Å². The first-order valence-corrected chi connectivity index (χ1v) is 5.69. The standard InChI is InChI=1S/C10HBrF8N2/c11-8-7(10(17,18)19)20-9(21-8)1-2(12)4(14)6(16)5(15)3(1)13/h(H,20,21). The summed E-state index contributed by atoms with van der Waals surface area (Å²) in [6.45, 7) is 0. The minimum atomic E-state index is -4.96. The number of halogens is 9. The van der Waals surface area contributed by atoms with Gasteiger partial charge in [-0.2, -0.15) is 13.2 Å². The number of H-pyrrole nitrogens is 1. The first-order chi connectivity index (χ1) is 9.55. The number of nitrogens with zero attached hydrogens (tertiary/aromatic N) is 1. The van der Waals surface area contributed by atoms with E-state index in [1.54, 1.807) is 0 Å². The van der Waals surface area contributed by atoms with Gasteiger partial charge >= 0.3 is 6.18 Å². The largest absolute Gasteiger partial charge is 0.433 e. The first-order valence-electron chi connectivity index (χ1n) is 4.90. The molecule has 0 amide bonds. The second kappa shape index (κ2) is 4.97. The van der Waals surface area contributed by atoms with Gasteiger partial charge < -0.3 is 4.98 Å². The maximum atomic E-state index is 13.4. The Morgan fingerprint density at radius 2 is 1.24 bits per heavy atom. The smallest absolute Gasteiger partial charge is 0.333 e. The second-order valence-corrected chi connectivity index (χ2v) is 4.45. The molecule has 21 heavy (non-hydrogen) atoms. The van der Waals surface area contributed by atoms with Crippen LogP contribution in [0.2, 0.25) is 0 Å². The van der Waals surface area contributed by atoms with Gasteiger partial charge in [-0.05, 0) is 15.9 Å². The van der Waals surface area contributed by atoms with Crippen molar-refractivity contribution in [3.05, 3.63) is 39.4 Å². The molecule has 0 atom stereocenters. The van der Waals surface area contributed by atoms with Crippen LogP contribution < -0.4 is 0 Å². The Kier molecular flexibility index (Phi) is 3.72. The van der Waals surface area contributed by atoms with Gasteiger partial charge in [-0.3, -0.25) is 0 Å². The second-order valence-electron chi connectivity index (χ2n) is 3.69. The minimum absolute atomic E-state index is 0.881. The lowest BCUT2D eigenvalue weighted by Gasteiger charge is -2.06. The van der Waals surface area contributed by atoms with Crippen molar-refractivity contribution < 1.29 is 35.1 Å². The molecule has 0 aliphatic rings. The summed E-state index contributed by atoms with van der Waals surface area (Å²) in [4.78, 5) is 4.56. The molecule has 1 heterocycles. The molecule has 1 N–H and O–H groups in total. The molecular weight excluding hydrogens is 380 g/mol. The fourth-order valence-electron chi connectivity index (χ4n) is 1.47. The molecule has 0 unspecified atom stereocenters. The summed E-state index contributed by atoms with van der Waals surface area (Å²) in [5.74, 6) is -12.7. The zero-order valence-corrected chi connectivity index (χ0v) is 10.9. The molecule has 0 aliphatic carbocycles. The van der Waals surface area contributed by atoms with Crippen LogP contribution in [0.5, 0.6) is 0 Å². The zero-order valence-electron chi connectivity index (χ0n) is 9.35. The quantitative estimate of drug-likeness (QED) is 0.438. The van der Waals surface area contributed by atoms with Crippen LogP contribution in [0.3, 0.4) is 0 Å². The molecule has 0 bridgehead atoms. The SMILES string of the molecule is Fc1c(F)c(F)c(-c2nc(Br)c(C(F)(F)F)[nH]2)c(F)c1F. The van der Waals surface area contributed by atoms with E-state index in [0.717, 1.165) is 0 Å². The van der Waals surface area contributed by atoms with E-state index < -0.39 is 56.9 Å². The number of rotatable bonds is 1. The number of benzene rings is 1. The summed E-state index contributed by atoms with van der Waals surface area (Å²) in [6.07, 6.45) is -4.96. The van der Waals surface area contributed by atoms with Gasteiger partial charge in [0, 0.05) is 0 Å². The van der Waals surface area contributed by atoms with E-state index in [4.69, 9.17) is 0 Å². The van der Waals surface area contributed by atoms with Crippen LogP contribution in [0, 0.1) is 29.1 Å². The fraction of sp³-hybridized carbons (Fsp3) is 0.100. The highest BCUT2D eigenvalue weighted by atomic mass is 79.9. The van der Waals surface area contributed by atoms with Crippen LogP contribution in [0.15, 0.2) is 4.60 Å². The third kappa shape index (κ3) is 2.49. The molecule has 11 heteroatoms. The van der Waals surface area contributed by atoms with Crippen molar-refractivity contribution in [1.82, 2.24) is 9.97 Å². The highest BCUT2D eigenvalue weighted by Crippen LogP contribution is 2.37. The third-order valence-electron chi connectivity index (χ3n) is 2.39. The van der Waals surface area contributed by atoms with Gasteiger partial charge in [0.2, 0.25) is 5.82 Å². The van der Waals surface area contributed by atoms with Crippen LogP contribution >= 0.6 is 15.9 Å². The molecule has 1 aromatic heterocycles. The number of nitrogens with one attached hydrogen (secondary N) is 1. The Bertz CT molecular complexity index is 692. The van der Waals surface area contributed by atoms with Crippen LogP contribution in [0.1, 0.15) is 5.69 Å². The summed E-state index contributed by atoms with van der Waals surface area (Å²) in [6, 6.07) is 0. The number of imidazole rings is 1. The molecule has 0 aliphatic heterocycles. The molecule has 0 spiro atoms. The van der Waals surface area contributed by atoms with Crippen molar-refractivity contribution >= 4 is 15.9 Å². The van der Waals surface area contributed by atoms with Gasteiger partial charge in [-0.15, -0.1) is 0 Å². The van der Waals surface area contributed by atoms with Gasteiger partial charge in [0.1, 0.15) is 10.4 Å². The van der Waals surface area contributed by atoms with E-state index in [1.807, 2.05) is 0 Å². The summed E-state index contributed by atoms with van der Waals surface area (Å²) < 4.78 is 102. The highest BCUT2D eigenvalue weighted by Gasteiger charge is 2.38. The number of aromatic nitrogens is 2. The molecule has 2 aromatic rings. The summed E-state index contributed by atoms with van der Waals surface area (Å²) in [5.41, 5.74) is -3.11. The van der Waals surface area contributed by atoms with E-state index in [2.05, 4.69) is 20.9 Å². The predicted octanol–water partition coefficient (Wildman–Crippen LogP) is 4.55. The molecule has 0 fully saturated rings. The van der Waals surface area contributed by atoms with Gasteiger partial charge in [0.05, 0.1) is 5.56 Å². The molecule has 2 rings (SSSR count). The topological polar surface area (TPSA) is 28.7 Å². The van der Waals surface area contributed by atoms with Gasteiger partial charge in [0.25, 0.3) is 0 Å². The van der Waals surface area contributed by atoms with Crippen molar-refractivity contribution in [2.45, 2.75) is 6.18 Å². The Morgan fingerprint density at radius 1 is 0.810 bits per heavy atom. The Balaban J connectivity index is 2.75. The Morgan fingerprint density at radius 3 is 1.62 bits per heavy atom. The molecular formula is C10HBrF8N2. The molecule has 0 radical (unpaired) electrons. The van der Waals surface area contributed by atoms with Crippen molar-refractivity contribution in [3.8, 4) is 11.4 Å². The Labute approximate surface area is 118 Å². The van der Waals surface area contributed by atoms with Crippen LogP contribution in [0.25, 0.3) is 11.4 Å². The van der Waals surface area contributed by atoms with Crippen molar-refractivity contribution in [2.75, 3.05) is 0 Å². The predicted molar refractivity (Wildman–Crippen MR) is 56.5 cm³/mol. The van der Waals surface area contributed by atoms with Crippen molar-refractivity contribution in [3.63, 3.8) is 0 Å². The molecule has 2 nitrogen and oxygen atoms in total. The molecule has 114 valence electrons. The molecule has 1 aromatic carbocycles. The Hall–Kier alpha value is -1.65. The van der Waals surface area contributed by atoms with Crippen LogP contribution in [-0.4, -0.2) is 9.97 Å². The number of aromatic amines is 1. The van der Waals surface area contributed by atoms with E-state index in [-0.39, 0.29) is 0 Å². The first kappa shape index (κ1) is 15.7. The summed E-state index contributed by atoms with van der Waals surface area (Å²) in [5, 5.41) is 0. The lowest BCUT2D eigenvalue weighted by atomic mass is 10.1. The van der Waals surface area contributed by atoms with Crippen molar-refractivity contribution in [1.29, 1.82) is 0 Å². The normalized spacial score (nSPS) is 12.0. The van der Waals surface area contributed by atoms with E-state index in [0.29, 0.717) is 0 Å². The third-order valence-corrected chi connectivity index (χ3v) is 2.96. The molecule has 0 saturated carbocycles. The fourth-order valence-corrected chi connectivity index (χ4v) is 1.97. The monoisotopic (exact) mass is 380 g/mol. The maximum Gasteiger partial charge on any atom is 0.433 e. The van der Waals surface area contributed by atoms with Gasteiger partial charge in [-0.25, -0.2) is 26.9 Å². The van der Waals surface area contributed by atoms with Crippen LogP contribution in [-0.2, 0) is 6.18 Å². The highest BCUT2D eigenvalue weighted by molar-refractivity contribution is 9.10. The maximum absolute atomic E-state index is 13.4. The average Bonchev–Trinajstić information content (AvgIpc) is 2.76. The molecule has 0 saturated heterocycles. The number of alkyl halides is 3. The average molecular weight is 381 g/mol. The summed E-state index contributed by atoms with van der Waals surface area (Å²) >= 11 is 2.38. The summed E-state index contributed by atoms with van der Waals surface area (Å²) in [7, 11) is 0. The van der Waals surface area contributed by atoms with Gasteiger partial charge in [-0.1, -0.05) is 0 Å². The number of hydrogen-bond donors (Lipinski definition) is 1. The van der Waals surface area contributed by atoms with E-state index >= 15 is 0 Å². The van der Waals surface area contributed by atoms with Crippen molar-refractivity contribution in [2.24, 2.45) is 0 Å². The lowest BCUT2D eigenvalue weighted by molar-refractivity contribution is -0.141. The lowest BCUT2D eigenvalue weighted by Crippen LogP contribution is -2.07. The van der Waals surface area contributed by atoms with E-state index in [9.17, 15) is 35.1 Å². The zero-order chi connectivity index (χ0) is 16.1.